The van der Waals surface area contributed by atoms with Gasteiger partial charge in [0.25, 0.3) is 0 Å². The summed E-state index contributed by atoms with van der Waals surface area (Å²) >= 11 is 0. The Balaban J connectivity index is 1.42. The fourth-order valence-corrected chi connectivity index (χ4v) is 10.1. The van der Waals surface area contributed by atoms with Crippen LogP contribution in [0.15, 0.2) is 24.3 Å². The van der Waals surface area contributed by atoms with Gasteiger partial charge < -0.3 is 19.8 Å². The number of para-hydroxylation sites is 1. The number of piperidine rings is 4. The first-order valence-corrected chi connectivity index (χ1v) is 12.7. The minimum atomic E-state index is -0.319. The van der Waals surface area contributed by atoms with E-state index in [4.69, 9.17) is 4.74 Å². The zero-order valence-electron chi connectivity index (χ0n) is 18.9. The van der Waals surface area contributed by atoms with Gasteiger partial charge in [-0.05, 0) is 43.2 Å². The molecule has 1 aliphatic carbocycles. The first-order valence-electron chi connectivity index (χ1n) is 12.7. The molecule has 6 aliphatic heterocycles. The zero-order chi connectivity index (χ0) is 21.1. The SMILES string of the molecule is CC[C@@H]1[C@@H](O)[N+]2(CC3CCCCO3)C3C[C@H]1C1[C@H]2CC2(c4ccccc4N(C)[C@@H]32)[C@H]1O. The molecule has 8 rings (SSSR count). The largest absolute Gasteiger partial charge is 0.392 e. The lowest BCUT2D eigenvalue weighted by Crippen LogP contribution is -2.83. The molecule has 6 heterocycles. The van der Waals surface area contributed by atoms with Crippen LogP contribution in [0.2, 0.25) is 0 Å². The van der Waals surface area contributed by atoms with E-state index >= 15 is 0 Å². The number of nitrogens with zero attached hydrogens (tertiary/aromatic N) is 2. The van der Waals surface area contributed by atoms with Crippen LogP contribution in [0.25, 0.3) is 0 Å². The number of ether oxygens (including phenoxy) is 1. The van der Waals surface area contributed by atoms with Gasteiger partial charge in [-0.3, -0.25) is 4.48 Å². The van der Waals surface area contributed by atoms with E-state index in [-0.39, 0.29) is 29.9 Å². The first-order chi connectivity index (χ1) is 15.1. The number of benzene rings is 1. The summed E-state index contributed by atoms with van der Waals surface area (Å²) in [7, 11) is 2.24. The van der Waals surface area contributed by atoms with Gasteiger partial charge in [-0.1, -0.05) is 25.1 Å². The van der Waals surface area contributed by atoms with Crippen LogP contribution in [0.4, 0.5) is 5.69 Å². The molecule has 0 aromatic heterocycles. The molecule has 1 spiro atoms. The maximum Gasteiger partial charge on any atom is 0.194 e. The van der Waals surface area contributed by atoms with Crippen molar-refractivity contribution in [3.8, 4) is 0 Å². The maximum atomic E-state index is 12.1. The van der Waals surface area contributed by atoms with Crippen molar-refractivity contribution in [2.24, 2.45) is 17.8 Å². The Morgan fingerprint density at radius 3 is 2.81 bits per heavy atom. The van der Waals surface area contributed by atoms with Crippen LogP contribution in [0, 0.1) is 17.8 Å². The van der Waals surface area contributed by atoms with Gasteiger partial charge >= 0.3 is 0 Å². The van der Waals surface area contributed by atoms with Gasteiger partial charge in [0.05, 0.1) is 23.6 Å². The van der Waals surface area contributed by atoms with Crippen LogP contribution >= 0.6 is 0 Å². The van der Waals surface area contributed by atoms with E-state index in [1.54, 1.807) is 0 Å². The molecule has 0 amide bonds. The number of hydrogen-bond donors (Lipinski definition) is 2. The molecular formula is C26H37N2O3+. The van der Waals surface area contributed by atoms with Crippen molar-refractivity contribution in [2.45, 2.75) is 87.4 Å². The average Bonchev–Trinajstić information content (AvgIpc) is 3.18. The molecule has 2 N–H and O–H groups in total. The number of anilines is 1. The van der Waals surface area contributed by atoms with E-state index in [2.05, 4.69) is 43.1 Å². The summed E-state index contributed by atoms with van der Waals surface area (Å²) in [6.45, 7) is 4.03. The summed E-state index contributed by atoms with van der Waals surface area (Å²) in [6, 6.07) is 9.80. The molecule has 31 heavy (non-hydrogen) atoms. The lowest BCUT2D eigenvalue weighted by Gasteiger charge is -2.68. The van der Waals surface area contributed by atoms with Crippen LogP contribution < -0.4 is 4.90 Å². The summed E-state index contributed by atoms with van der Waals surface area (Å²) in [6.07, 6.45) is 6.30. The number of rotatable bonds is 3. The molecule has 11 atom stereocenters. The first kappa shape index (κ1) is 19.3. The van der Waals surface area contributed by atoms with Gasteiger partial charge in [-0.15, -0.1) is 0 Å². The number of fused-ring (bicyclic) bond motifs is 2. The quantitative estimate of drug-likeness (QED) is 0.731. The van der Waals surface area contributed by atoms with Crippen LogP contribution in [-0.4, -0.2) is 71.5 Å². The summed E-state index contributed by atoms with van der Waals surface area (Å²) in [5.41, 5.74) is 2.49. The zero-order valence-corrected chi connectivity index (χ0v) is 18.9. The van der Waals surface area contributed by atoms with Gasteiger partial charge in [0.15, 0.2) is 6.23 Å². The second kappa shape index (κ2) is 6.25. The lowest BCUT2D eigenvalue weighted by atomic mass is 9.60. The molecule has 5 bridgehead atoms. The molecule has 1 saturated carbocycles. The fourth-order valence-electron chi connectivity index (χ4n) is 10.1. The van der Waals surface area contributed by atoms with E-state index < -0.39 is 0 Å². The molecule has 168 valence electrons. The number of aliphatic hydroxyl groups excluding tert-OH is 2. The van der Waals surface area contributed by atoms with Gasteiger partial charge in [-0.2, -0.15) is 0 Å². The number of quaternary nitrogens is 1. The molecular weight excluding hydrogens is 388 g/mol. The standard InChI is InChI=1S/C26H37N2O3/c1-3-16-17-12-20-23-26(18-9-4-5-10-19(18)27(23)2)13-21(22(17)24(26)29)28(20,25(16)30)14-15-8-6-7-11-31-15/h4-5,9-10,15-17,20-25,29-30H,3,6-8,11-14H2,1-2H3/q+1/t15?,16-,17+,20?,21+,22?,23-,24-,25+,26?,28?/m0/s1. The number of hydrogen-bond acceptors (Lipinski definition) is 4. The van der Waals surface area contributed by atoms with Crippen LogP contribution in [0.5, 0.6) is 0 Å². The third-order valence-electron chi connectivity index (χ3n) is 10.9. The Kier molecular flexibility index (Phi) is 3.90. The smallest absolute Gasteiger partial charge is 0.194 e. The Morgan fingerprint density at radius 1 is 1.19 bits per heavy atom. The molecule has 6 fully saturated rings. The molecule has 1 aromatic carbocycles. The molecule has 5 nitrogen and oxygen atoms in total. The summed E-state index contributed by atoms with van der Waals surface area (Å²) < 4.78 is 7.08. The highest BCUT2D eigenvalue weighted by Crippen LogP contribution is 2.71. The van der Waals surface area contributed by atoms with E-state index in [0.29, 0.717) is 29.8 Å². The van der Waals surface area contributed by atoms with Gasteiger partial charge in [0, 0.05) is 44.0 Å². The molecule has 1 aromatic rings. The number of aliphatic hydroxyl groups is 2. The Labute approximate surface area is 185 Å². The van der Waals surface area contributed by atoms with Crippen LogP contribution in [-0.2, 0) is 10.2 Å². The topological polar surface area (TPSA) is 52.9 Å². The maximum absolute atomic E-state index is 12.1. The van der Waals surface area contributed by atoms with Gasteiger partial charge in [0.1, 0.15) is 18.7 Å². The van der Waals surface area contributed by atoms with E-state index in [1.807, 2.05) is 0 Å². The van der Waals surface area contributed by atoms with Crippen LogP contribution in [0.1, 0.15) is 51.0 Å². The lowest BCUT2D eigenvalue weighted by molar-refractivity contribution is -1.04. The number of likely N-dealkylation sites (N-methyl/N-ethyl adjacent to an activating group) is 1. The van der Waals surface area contributed by atoms with E-state index in [1.165, 1.54) is 17.7 Å². The fraction of sp³-hybridized carbons (Fsp3) is 0.769. The van der Waals surface area contributed by atoms with Crippen molar-refractivity contribution in [1.29, 1.82) is 0 Å². The summed E-state index contributed by atoms with van der Waals surface area (Å²) in [5.74, 6) is 1.05. The van der Waals surface area contributed by atoms with Crippen molar-refractivity contribution >= 4 is 5.69 Å². The third kappa shape index (κ3) is 2.01. The van der Waals surface area contributed by atoms with E-state index in [9.17, 15) is 10.2 Å². The average molecular weight is 426 g/mol. The Bertz CT molecular complexity index is 902. The summed E-state index contributed by atoms with van der Waals surface area (Å²) in [4.78, 5) is 2.48. The molecule has 7 aliphatic rings. The molecule has 5 heteroatoms. The van der Waals surface area contributed by atoms with Gasteiger partial charge in [0.2, 0.25) is 0 Å². The molecule has 5 saturated heterocycles. The predicted molar refractivity (Wildman–Crippen MR) is 119 cm³/mol. The molecule has 0 radical (unpaired) electrons. The van der Waals surface area contributed by atoms with Crippen LogP contribution in [0.3, 0.4) is 0 Å². The Morgan fingerprint density at radius 2 is 2.03 bits per heavy atom. The van der Waals surface area contributed by atoms with Crippen molar-refractivity contribution in [3.05, 3.63) is 29.8 Å². The van der Waals surface area contributed by atoms with Crippen molar-refractivity contribution in [1.82, 2.24) is 0 Å². The highest BCUT2D eigenvalue weighted by Gasteiger charge is 2.83. The van der Waals surface area contributed by atoms with Gasteiger partial charge in [-0.25, -0.2) is 0 Å². The second-order valence-electron chi connectivity index (χ2n) is 11.5. The molecule has 5 unspecified atom stereocenters. The normalized spacial score (nSPS) is 53.7. The highest BCUT2D eigenvalue weighted by atomic mass is 16.5. The highest BCUT2D eigenvalue weighted by molar-refractivity contribution is 5.66. The van der Waals surface area contributed by atoms with Crippen molar-refractivity contribution in [3.63, 3.8) is 0 Å². The van der Waals surface area contributed by atoms with Crippen molar-refractivity contribution < 1.29 is 19.4 Å². The third-order valence-corrected chi connectivity index (χ3v) is 10.9. The summed E-state index contributed by atoms with van der Waals surface area (Å²) in [5, 5.41) is 24.1. The van der Waals surface area contributed by atoms with E-state index in [0.717, 1.165) is 49.7 Å². The minimum absolute atomic E-state index is 0.169. The monoisotopic (exact) mass is 425 g/mol. The second-order valence-corrected chi connectivity index (χ2v) is 11.5. The predicted octanol–water partition coefficient (Wildman–Crippen LogP) is 2.64. The minimum Gasteiger partial charge on any atom is -0.392 e. The van der Waals surface area contributed by atoms with Crippen molar-refractivity contribution in [2.75, 3.05) is 25.1 Å². The Hall–Kier alpha value is -1.14.